The summed E-state index contributed by atoms with van der Waals surface area (Å²) in [6.45, 7) is 2.28. The summed E-state index contributed by atoms with van der Waals surface area (Å²) < 4.78 is 8.43. The topological polar surface area (TPSA) is 121 Å². The van der Waals surface area contributed by atoms with Gasteiger partial charge in [-0.25, -0.2) is 9.67 Å². The van der Waals surface area contributed by atoms with Gasteiger partial charge in [-0.3, -0.25) is 4.79 Å². The van der Waals surface area contributed by atoms with Crippen LogP contribution in [0.2, 0.25) is 0 Å². The SMILES string of the molecule is Cc1nc(-c2nnn(C)c2Cn2ncc(Br)n2)ccc1OC1CCC[C@H](C(=O)O)C1. The van der Waals surface area contributed by atoms with Crippen molar-refractivity contribution in [1.29, 1.82) is 0 Å². The molecule has 4 rings (SSSR count). The Morgan fingerprint density at radius 1 is 1.37 bits per heavy atom. The molecule has 3 aromatic rings. The number of halogens is 1. The van der Waals surface area contributed by atoms with Gasteiger partial charge in [0.15, 0.2) is 0 Å². The van der Waals surface area contributed by atoms with E-state index in [9.17, 15) is 9.90 Å². The highest BCUT2D eigenvalue weighted by Gasteiger charge is 2.28. The largest absolute Gasteiger partial charge is 0.489 e. The summed E-state index contributed by atoms with van der Waals surface area (Å²) in [6.07, 6.45) is 4.46. The van der Waals surface area contributed by atoms with Crippen LogP contribution in [0.3, 0.4) is 0 Å². The average molecular weight is 476 g/mol. The first-order chi connectivity index (χ1) is 14.4. The van der Waals surface area contributed by atoms with Gasteiger partial charge in [-0.05, 0) is 60.7 Å². The molecule has 0 bridgehead atoms. The first-order valence-corrected chi connectivity index (χ1v) is 10.5. The van der Waals surface area contributed by atoms with E-state index in [0.717, 1.165) is 24.2 Å². The van der Waals surface area contributed by atoms with Crippen molar-refractivity contribution in [3.05, 3.63) is 34.3 Å². The van der Waals surface area contributed by atoms with Gasteiger partial charge in [0, 0.05) is 7.05 Å². The molecule has 0 radical (unpaired) electrons. The zero-order chi connectivity index (χ0) is 21.3. The lowest BCUT2D eigenvalue weighted by Gasteiger charge is -2.27. The number of aromatic nitrogens is 7. The van der Waals surface area contributed by atoms with Crippen LogP contribution in [-0.4, -0.2) is 52.2 Å². The van der Waals surface area contributed by atoms with E-state index >= 15 is 0 Å². The van der Waals surface area contributed by atoms with Gasteiger partial charge < -0.3 is 9.84 Å². The van der Waals surface area contributed by atoms with Crippen LogP contribution in [0.5, 0.6) is 5.75 Å². The molecule has 30 heavy (non-hydrogen) atoms. The predicted molar refractivity (Wildman–Crippen MR) is 110 cm³/mol. The second-order valence-corrected chi connectivity index (χ2v) is 8.24. The van der Waals surface area contributed by atoms with Gasteiger partial charge in [0.05, 0.1) is 35.3 Å². The molecular formula is C19H22BrN7O3. The molecule has 1 aliphatic carbocycles. The number of aliphatic carboxylic acids is 1. The molecule has 10 nitrogen and oxygen atoms in total. The number of pyridine rings is 1. The summed E-state index contributed by atoms with van der Waals surface area (Å²) in [6, 6.07) is 3.71. The van der Waals surface area contributed by atoms with Crippen molar-refractivity contribution in [2.24, 2.45) is 13.0 Å². The second kappa shape index (κ2) is 8.50. The number of ether oxygens (including phenoxy) is 1. The van der Waals surface area contributed by atoms with Gasteiger partial charge in [0.1, 0.15) is 22.6 Å². The molecule has 1 unspecified atom stereocenters. The molecule has 1 saturated carbocycles. The number of hydrogen-bond acceptors (Lipinski definition) is 7. The summed E-state index contributed by atoms with van der Waals surface area (Å²) in [7, 11) is 1.82. The third-order valence-corrected chi connectivity index (χ3v) is 5.65. The van der Waals surface area contributed by atoms with Crippen LogP contribution in [0.15, 0.2) is 22.9 Å². The van der Waals surface area contributed by atoms with Crippen molar-refractivity contribution < 1.29 is 14.6 Å². The molecule has 0 spiro atoms. The van der Waals surface area contributed by atoms with E-state index < -0.39 is 5.97 Å². The number of rotatable bonds is 6. The minimum absolute atomic E-state index is 0.109. The minimum atomic E-state index is -0.748. The van der Waals surface area contributed by atoms with Crippen molar-refractivity contribution in [3.8, 4) is 17.1 Å². The summed E-state index contributed by atoms with van der Waals surface area (Å²) in [5, 5.41) is 26.1. The van der Waals surface area contributed by atoms with Gasteiger partial charge in [-0.1, -0.05) is 5.21 Å². The van der Waals surface area contributed by atoms with Crippen LogP contribution >= 0.6 is 15.9 Å². The van der Waals surface area contributed by atoms with Crippen LogP contribution in [0.1, 0.15) is 37.1 Å². The molecule has 1 aliphatic rings. The molecule has 3 aromatic heterocycles. The Bertz CT molecular complexity index is 1060. The van der Waals surface area contributed by atoms with Crippen molar-refractivity contribution in [1.82, 2.24) is 35.0 Å². The lowest BCUT2D eigenvalue weighted by atomic mass is 9.87. The first kappa shape index (κ1) is 20.5. The molecule has 2 atom stereocenters. The van der Waals surface area contributed by atoms with Crippen molar-refractivity contribution in [3.63, 3.8) is 0 Å². The molecule has 1 fully saturated rings. The third kappa shape index (κ3) is 4.35. The van der Waals surface area contributed by atoms with Crippen molar-refractivity contribution >= 4 is 21.9 Å². The van der Waals surface area contributed by atoms with Crippen molar-refractivity contribution in [2.45, 2.75) is 45.3 Å². The van der Waals surface area contributed by atoms with E-state index in [-0.39, 0.29) is 12.0 Å². The van der Waals surface area contributed by atoms with E-state index in [1.165, 1.54) is 0 Å². The summed E-state index contributed by atoms with van der Waals surface area (Å²) in [5.41, 5.74) is 2.89. The fraction of sp³-hybridized carbons (Fsp3) is 0.474. The number of hydrogen-bond donors (Lipinski definition) is 1. The van der Waals surface area contributed by atoms with E-state index in [1.54, 1.807) is 15.7 Å². The second-order valence-electron chi connectivity index (χ2n) is 7.43. The van der Waals surface area contributed by atoms with Crippen LogP contribution in [0.4, 0.5) is 0 Å². The maximum absolute atomic E-state index is 11.3. The summed E-state index contributed by atoms with van der Waals surface area (Å²) >= 11 is 3.30. The zero-order valence-electron chi connectivity index (χ0n) is 16.7. The number of aryl methyl sites for hydroxylation is 2. The highest BCUT2D eigenvalue weighted by atomic mass is 79.9. The smallest absolute Gasteiger partial charge is 0.306 e. The Labute approximate surface area is 181 Å². The molecule has 0 saturated heterocycles. The maximum Gasteiger partial charge on any atom is 0.306 e. The normalized spacial score (nSPS) is 19.0. The molecule has 0 aliphatic heterocycles. The standard InChI is InChI=1S/C19H22BrN7O3/c1-11-16(30-13-5-3-4-12(8-13)19(28)29)7-6-14(22-11)18-15(26(2)25-23-18)10-27-21-9-17(20)24-27/h6-7,9,12-13H,3-5,8,10H2,1-2H3,(H,28,29)/t12-,13?/m0/s1. The highest BCUT2D eigenvalue weighted by molar-refractivity contribution is 9.10. The Morgan fingerprint density at radius 2 is 2.20 bits per heavy atom. The highest BCUT2D eigenvalue weighted by Crippen LogP contribution is 2.30. The molecule has 1 N–H and O–H groups in total. The quantitative estimate of drug-likeness (QED) is 0.577. The average Bonchev–Trinajstić information content (AvgIpc) is 3.29. The number of carboxylic acids is 1. The summed E-state index contributed by atoms with van der Waals surface area (Å²) in [4.78, 5) is 17.5. The Morgan fingerprint density at radius 3 is 2.90 bits per heavy atom. The first-order valence-electron chi connectivity index (χ1n) is 9.72. The van der Waals surface area contributed by atoms with Crippen LogP contribution in [0, 0.1) is 12.8 Å². The molecule has 11 heteroatoms. The van der Waals surface area contributed by atoms with Gasteiger partial charge >= 0.3 is 5.97 Å². The van der Waals surface area contributed by atoms with Crippen LogP contribution in [-0.2, 0) is 18.4 Å². The zero-order valence-corrected chi connectivity index (χ0v) is 18.3. The van der Waals surface area contributed by atoms with Gasteiger partial charge in [0.25, 0.3) is 0 Å². The van der Waals surface area contributed by atoms with E-state index in [0.29, 0.717) is 41.1 Å². The van der Waals surface area contributed by atoms with Crippen molar-refractivity contribution in [2.75, 3.05) is 0 Å². The van der Waals surface area contributed by atoms with E-state index in [2.05, 4.69) is 41.4 Å². The maximum atomic E-state index is 11.3. The Hall–Kier alpha value is -2.82. The van der Waals surface area contributed by atoms with E-state index in [1.807, 2.05) is 26.1 Å². The number of carboxylic acid groups (broad SMARTS) is 1. The number of nitrogens with zero attached hydrogens (tertiary/aromatic N) is 7. The fourth-order valence-electron chi connectivity index (χ4n) is 3.70. The van der Waals surface area contributed by atoms with Gasteiger partial charge in [-0.15, -0.1) is 10.2 Å². The third-order valence-electron chi connectivity index (χ3n) is 5.29. The molecule has 0 aromatic carbocycles. The molecular weight excluding hydrogens is 454 g/mol. The molecule has 0 amide bonds. The van der Waals surface area contributed by atoms with Gasteiger partial charge in [-0.2, -0.15) is 9.90 Å². The predicted octanol–water partition coefficient (Wildman–Crippen LogP) is 2.61. The van der Waals surface area contributed by atoms with Gasteiger partial charge in [0.2, 0.25) is 0 Å². The Balaban J connectivity index is 1.53. The lowest BCUT2D eigenvalue weighted by molar-refractivity contribution is -0.143. The minimum Gasteiger partial charge on any atom is -0.489 e. The van der Waals surface area contributed by atoms with Crippen LogP contribution in [0.25, 0.3) is 11.4 Å². The molecule has 3 heterocycles. The van der Waals surface area contributed by atoms with E-state index in [4.69, 9.17) is 4.74 Å². The lowest BCUT2D eigenvalue weighted by Crippen LogP contribution is -2.29. The van der Waals surface area contributed by atoms with Crippen LogP contribution < -0.4 is 4.74 Å². The number of carbonyl (C=O) groups is 1. The molecule has 158 valence electrons. The Kier molecular flexibility index (Phi) is 5.80. The monoisotopic (exact) mass is 475 g/mol. The summed E-state index contributed by atoms with van der Waals surface area (Å²) in [5.74, 6) is -0.422. The fourth-order valence-corrected chi connectivity index (χ4v) is 3.97.